The van der Waals surface area contributed by atoms with Crippen LogP contribution in [0, 0.1) is 35.3 Å². The standard InChI is InChI=1S/C29H30F2N4O2/c1-16-13-19(5-6-20(16)30)35-21-14-18-15-33-34-25(18)24(31)23(21)22(26(35)28(2,3)11-12-32)17-7-9-29(4,10-8-17)27(36)37/h5-6,13-15,17H,7-11H2,1-4H3,(H,33,34)(H,36,37). The van der Waals surface area contributed by atoms with Crippen molar-refractivity contribution in [3.8, 4) is 11.8 Å². The number of aliphatic carboxylic acids is 1. The number of carbonyl (C=O) groups is 1. The van der Waals surface area contributed by atoms with Crippen LogP contribution >= 0.6 is 0 Å². The predicted octanol–water partition coefficient (Wildman–Crippen LogP) is 7.03. The summed E-state index contributed by atoms with van der Waals surface area (Å²) in [7, 11) is 0. The number of nitriles is 1. The van der Waals surface area contributed by atoms with E-state index in [-0.39, 0.29) is 18.2 Å². The molecule has 0 amide bonds. The molecular weight excluding hydrogens is 474 g/mol. The third-order valence-corrected chi connectivity index (χ3v) is 8.22. The molecule has 2 aromatic heterocycles. The maximum absolute atomic E-state index is 16.3. The van der Waals surface area contributed by atoms with E-state index < -0.39 is 22.6 Å². The van der Waals surface area contributed by atoms with Crippen molar-refractivity contribution >= 4 is 27.8 Å². The Labute approximate surface area is 213 Å². The molecule has 192 valence electrons. The first-order valence-electron chi connectivity index (χ1n) is 12.6. The molecule has 1 saturated carbocycles. The molecule has 0 atom stereocenters. The molecule has 0 unspecified atom stereocenters. The lowest BCUT2D eigenvalue weighted by Gasteiger charge is -2.36. The normalized spacial score (nSPS) is 20.4. The summed E-state index contributed by atoms with van der Waals surface area (Å²) in [5.74, 6) is -1.66. The molecule has 1 fully saturated rings. The minimum Gasteiger partial charge on any atom is -0.481 e. The van der Waals surface area contributed by atoms with E-state index in [1.807, 2.05) is 24.5 Å². The highest BCUT2D eigenvalue weighted by molar-refractivity contribution is 6.00. The number of halogens is 2. The molecule has 8 heteroatoms. The van der Waals surface area contributed by atoms with Gasteiger partial charge >= 0.3 is 5.97 Å². The number of aryl methyl sites for hydroxylation is 1. The molecule has 6 nitrogen and oxygen atoms in total. The highest BCUT2D eigenvalue weighted by atomic mass is 19.1. The Hall–Kier alpha value is -3.73. The molecule has 4 aromatic rings. The number of benzene rings is 2. The van der Waals surface area contributed by atoms with Gasteiger partial charge in [-0.1, -0.05) is 13.8 Å². The molecule has 1 aliphatic rings. The van der Waals surface area contributed by atoms with Crippen molar-refractivity contribution in [2.75, 3.05) is 0 Å². The number of aromatic amines is 1. The number of hydrogen-bond acceptors (Lipinski definition) is 3. The Morgan fingerprint density at radius 1 is 1.30 bits per heavy atom. The molecule has 5 rings (SSSR count). The number of carboxylic acid groups (broad SMARTS) is 1. The van der Waals surface area contributed by atoms with Crippen LogP contribution in [0.25, 0.3) is 27.5 Å². The van der Waals surface area contributed by atoms with Crippen molar-refractivity contribution in [2.24, 2.45) is 5.41 Å². The van der Waals surface area contributed by atoms with Crippen molar-refractivity contribution in [2.45, 2.75) is 71.1 Å². The Kier molecular flexibility index (Phi) is 5.86. The average molecular weight is 505 g/mol. The van der Waals surface area contributed by atoms with Gasteiger partial charge in [-0.05, 0) is 80.8 Å². The number of rotatable bonds is 5. The monoisotopic (exact) mass is 504 g/mol. The number of nitrogens with one attached hydrogen (secondary N) is 1. The van der Waals surface area contributed by atoms with E-state index in [9.17, 15) is 19.6 Å². The van der Waals surface area contributed by atoms with E-state index in [1.165, 1.54) is 6.07 Å². The first-order valence-corrected chi connectivity index (χ1v) is 12.6. The van der Waals surface area contributed by atoms with Crippen LogP contribution in [0.2, 0.25) is 0 Å². The number of aromatic nitrogens is 3. The van der Waals surface area contributed by atoms with Gasteiger partial charge in [0.1, 0.15) is 11.3 Å². The first kappa shape index (κ1) is 24.9. The van der Waals surface area contributed by atoms with Crippen molar-refractivity contribution in [1.29, 1.82) is 5.26 Å². The molecule has 37 heavy (non-hydrogen) atoms. The van der Waals surface area contributed by atoms with Gasteiger partial charge in [-0.15, -0.1) is 0 Å². The van der Waals surface area contributed by atoms with Crippen molar-refractivity contribution in [1.82, 2.24) is 14.8 Å². The summed E-state index contributed by atoms with van der Waals surface area (Å²) < 4.78 is 32.6. The number of hydrogen-bond donors (Lipinski definition) is 2. The van der Waals surface area contributed by atoms with E-state index in [0.717, 1.165) is 11.3 Å². The third kappa shape index (κ3) is 3.88. The zero-order valence-corrected chi connectivity index (χ0v) is 21.5. The first-order chi connectivity index (χ1) is 17.5. The molecule has 2 heterocycles. The fourth-order valence-corrected chi connectivity index (χ4v) is 5.97. The van der Waals surface area contributed by atoms with Crippen LogP contribution in [0.15, 0.2) is 30.5 Å². The van der Waals surface area contributed by atoms with Crippen LogP contribution < -0.4 is 0 Å². The van der Waals surface area contributed by atoms with E-state index in [1.54, 1.807) is 32.2 Å². The highest BCUT2D eigenvalue weighted by Crippen LogP contribution is 2.50. The molecule has 0 bridgehead atoms. The van der Waals surface area contributed by atoms with Crippen LogP contribution in [-0.4, -0.2) is 25.8 Å². The van der Waals surface area contributed by atoms with Crippen LogP contribution in [0.4, 0.5) is 8.78 Å². The Balaban J connectivity index is 1.88. The smallest absolute Gasteiger partial charge is 0.309 e. The summed E-state index contributed by atoms with van der Waals surface area (Å²) in [6, 6.07) is 9.00. The average Bonchev–Trinajstić information content (AvgIpc) is 3.45. The Bertz CT molecular complexity index is 1580. The molecule has 0 spiro atoms. The van der Waals surface area contributed by atoms with E-state index in [0.29, 0.717) is 58.7 Å². The van der Waals surface area contributed by atoms with Gasteiger partial charge in [-0.2, -0.15) is 10.4 Å². The van der Waals surface area contributed by atoms with Crippen LogP contribution in [0.1, 0.15) is 75.6 Å². The van der Waals surface area contributed by atoms with Gasteiger partial charge in [0, 0.05) is 34.0 Å². The number of H-pyrrole nitrogens is 1. The van der Waals surface area contributed by atoms with Gasteiger partial charge in [0.05, 0.1) is 23.2 Å². The SMILES string of the molecule is Cc1cc(-n2c(C(C)(C)CC#N)c(C3CCC(C)(C(=O)O)CC3)c3c(F)c4[nH]ncc4cc32)ccc1F. The summed E-state index contributed by atoms with van der Waals surface area (Å²) in [5, 5.41) is 27.4. The topological polar surface area (TPSA) is 94.7 Å². The molecule has 0 radical (unpaired) electrons. The second-order valence-corrected chi connectivity index (χ2v) is 11.3. The van der Waals surface area contributed by atoms with E-state index in [4.69, 9.17) is 0 Å². The second-order valence-electron chi connectivity index (χ2n) is 11.3. The van der Waals surface area contributed by atoms with Crippen molar-refractivity contribution < 1.29 is 18.7 Å². The highest BCUT2D eigenvalue weighted by Gasteiger charge is 2.42. The fraction of sp³-hybridized carbons (Fsp3) is 0.414. The van der Waals surface area contributed by atoms with Gasteiger partial charge in [0.25, 0.3) is 0 Å². The molecule has 0 aliphatic heterocycles. The number of carboxylic acids is 1. The minimum atomic E-state index is -0.819. The lowest BCUT2D eigenvalue weighted by molar-refractivity contribution is -0.149. The molecule has 0 saturated heterocycles. The van der Waals surface area contributed by atoms with E-state index in [2.05, 4.69) is 16.3 Å². The third-order valence-electron chi connectivity index (χ3n) is 8.22. The van der Waals surface area contributed by atoms with Gasteiger partial charge < -0.3 is 9.67 Å². The lowest BCUT2D eigenvalue weighted by atomic mass is 9.68. The summed E-state index contributed by atoms with van der Waals surface area (Å²) in [4.78, 5) is 11.9. The largest absolute Gasteiger partial charge is 0.481 e. The molecular formula is C29H30F2N4O2. The maximum Gasteiger partial charge on any atom is 0.309 e. The Morgan fingerprint density at radius 3 is 2.62 bits per heavy atom. The quantitative estimate of drug-likeness (QED) is 0.305. The number of nitrogens with zero attached hydrogens (tertiary/aromatic N) is 3. The summed E-state index contributed by atoms with van der Waals surface area (Å²) >= 11 is 0. The van der Waals surface area contributed by atoms with Gasteiger partial charge in [0.15, 0.2) is 5.82 Å². The number of fused-ring (bicyclic) bond motifs is 2. The van der Waals surface area contributed by atoms with Crippen LogP contribution in [0.3, 0.4) is 0 Å². The summed E-state index contributed by atoms with van der Waals surface area (Å²) in [6.45, 7) is 7.40. The Morgan fingerprint density at radius 2 is 2.00 bits per heavy atom. The van der Waals surface area contributed by atoms with E-state index >= 15 is 4.39 Å². The second kappa shape index (κ2) is 8.69. The lowest BCUT2D eigenvalue weighted by Crippen LogP contribution is -2.32. The molecule has 1 aliphatic carbocycles. The maximum atomic E-state index is 16.3. The predicted molar refractivity (Wildman–Crippen MR) is 138 cm³/mol. The van der Waals surface area contributed by atoms with Gasteiger partial charge in [0.2, 0.25) is 0 Å². The van der Waals surface area contributed by atoms with Crippen LogP contribution in [0.5, 0.6) is 0 Å². The summed E-state index contributed by atoms with van der Waals surface area (Å²) in [5.41, 5.74) is 2.20. The van der Waals surface area contributed by atoms with Crippen molar-refractivity contribution in [3.63, 3.8) is 0 Å². The molecule has 2 aromatic carbocycles. The zero-order valence-electron chi connectivity index (χ0n) is 21.5. The fourth-order valence-electron chi connectivity index (χ4n) is 5.97. The van der Waals surface area contributed by atoms with Crippen LogP contribution in [-0.2, 0) is 10.2 Å². The van der Waals surface area contributed by atoms with Gasteiger partial charge in [-0.3, -0.25) is 9.89 Å². The zero-order chi connectivity index (χ0) is 26.7. The van der Waals surface area contributed by atoms with Crippen molar-refractivity contribution in [3.05, 3.63) is 58.9 Å². The minimum absolute atomic E-state index is 0.0967. The molecule has 2 N–H and O–H groups in total. The summed E-state index contributed by atoms with van der Waals surface area (Å²) in [6.07, 6.45) is 3.88. The van der Waals surface area contributed by atoms with Gasteiger partial charge in [-0.25, -0.2) is 8.78 Å².